The summed E-state index contributed by atoms with van der Waals surface area (Å²) in [6, 6.07) is 3.56. The number of methoxy groups -OCH3 is 1. The second-order valence-corrected chi connectivity index (χ2v) is 11.2. The first-order chi connectivity index (χ1) is 15.0. The Hall–Kier alpha value is -2.94. The highest BCUT2D eigenvalue weighted by Crippen LogP contribution is 2.40. The summed E-state index contributed by atoms with van der Waals surface area (Å²) < 4.78 is 30.8. The van der Waals surface area contributed by atoms with Gasteiger partial charge in [0.25, 0.3) is 0 Å². The second-order valence-electron chi connectivity index (χ2n) is 9.22. The van der Waals surface area contributed by atoms with Crippen LogP contribution in [-0.2, 0) is 9.84 Å². The van der Waals surface area contributed by atoms with E-state index >= 15 is 0 Å². The molecule has 3 heterocycles. The van der Waals surface area contributed by atoms with Gasteiger partial charge in [0, 0.05) is 42.2 Å². The van der Waals surface area contributed by atoms with Crippen molar-refractivity contribution < 1.29 is 17.9 Å². The Morgan fingerprint density at radius 3 is 2.47 bits per heavy atom. The molecule has 1 fully saturated rings. The first kappa shape index (κ1) is 22.3. The molecule has 0 atom stereocenters. The molecule has 1 aromatic carbocycles. The van der Waals surface area contributed by atoms with E-state index in [1.807, 2.05) is 26.8 Å². The van der Waals surface area contributed by atoms with Crippen molar-refractivity contribution >= 4 is 32.5 Å². The molecule has 0 spiro atoms. The van der Waals surface area contributed by atoms with Crippen LogP contribution in [0.2, 0.25) is 0 Å². The van der Waals surface area contributed by atoms with Gasteiger partial charge in [-0.25, -0.2) is 18.4 Å². The standard InChI is InChI=1S/C23H28N4O4S/c1-23(2,3)21(28)16-12-24-22-19(16)26-17(13-25-22)15-10-14(27-8-6-7-9-27)11-18(20(15)31-4)32(5,29)30/h10-13H,6-9H2,1-5H3,(H,24,25). The van der Waals surface area contributed by atoms with E-state index in [1.54, 1.807) is 18.5 Å². The number of hydrogen-bond donors (Lipinski definition) is 1. The fraction of sp³-hybridized carbons (Fsp3) is 0.435. The van der Waals surface area contributed by atoms with Gasteiger partial charge in [0.2, 0.25) is 0 Å². The third-order valence-corrected chi connectivity index (χ3v) is 6.80. The smallest absolute Gasteiger partial charge is 0.179 e. The van der Waals surface area contributed by atoms with E-state index in [9.17, 15) is 13.2 Å². The number of nitrogens with one attached hydrogen (secondary N) is 1. The lowest BCUT2D eigenvalue weighted by Crippen LogP contribution is -2.20. The number of hydrogen-bond acceptors (Lipinski definition) is 7. The van der Waals surface area contributed by atoms with Gasteiger partial charge >= 0.3 is 0 Å². The number of ether oxygens (including phenoxy) is 1. The van der Waals surface area contributed by atoms with E-state index in [-0.39, 0.29) is 16.4 Å². The highest BCUT2D eigenvalue weighted by Gasteiger charge is 2.28. The van der Waals surface area contributed by atoms with Crippen LogP contribution in [0.5, 0.6) is 5.75 Å². The molecule has 32 heavy (non-hydrogen) atoms. The lowest BCUT2D eigenvalue weighted by atomic mass is 9.87. The van der Waals surface area contributed by atoms with E-state index in [0.29, 0.717) is 28.0 Å². The van der Waals surface area contributed by atoms with Crippen molar-refractivity contribution in [2.75, 3.05) is 31.4 Å². The topological polar surface area (TPSA) is 105 Å². The van der Waals surface area contributed by atoms with Crippen LogP contribution in [0.1, 0.15) is 44.0 Å². The highest BCUT2D eigenvalue weighted by atomic mass is 32.2. The van der Waals surface area contributed by atoms with Crippen molar-refractivity contribution in [1.29, 1.82) is 0 Å². The Morgan fingerprint density at radius 2 is 1.88 bits per heavy atom. The monoisotopic (exact) mass is 456 g/mol. The first-order valence-electron chi connectivity index (χ1n) is 10.6. The summed E-state index contributed by atoms with van der Waals surface area (Å²) in [7, 11) is -2.12. The number of carbonyl (C=O) groups is 1. The zero-order chi connectivity index (χ0) is 23.3. The third-order valence-electron chi connectivity index (χ3n) is 5.70. The molecular weight excluding hydrogens is 428 g/mol. The molecule has 0 amide bonds. The Balaban J connectivity index is 1.95. The fourth-order valence-corrected chi connectivity index (χ4v) is 4.88. The maximum absolute atomic E-state index is 12.9. The van der Waals surface area contributed by atoms with Crippen LogP contribution >= 0.6 is 0 Å². The number of aromatic amines is 1. The molecule has 9 heteroatoms. The van der Waals surface area contributed by atoms with Crippen LogP contribution in [0, 0.1) is 5.41 Å². The normalized spacial score (nSPS) is 14.8. The predicted octanol–water partition coefficient (Wildman–Crippen LogP) is 3.87. The van der Waals surface area contributed by atoms with Crippen molar-refractivity contribution in [2.45, 2.75) is 38.5 Å². The minimum Gasteiger partial charge on any atom is -0.495 e. The van der Waals surface area contributed by atoms with Gasteiger partial charge in [-0.3, -0.25) is 4.79 Å². The van der Waals surface area contributed by atoms with Crippen molar-refractivity contribution in [3.8, 4) is 17.0 Å². The number of ketones is 1. The minimum absolute atomic E-state index is 0.0511. The number of nitrogens with zero attached hydrogens (tertiary/aromatic N) is 3. The van der Waals surface area contributed by atoms with E-state index in [2.05, 4.69) is 14.9 Å². The molecule has 3 aromatic rings. The van der Waals surface area contributed by atoms with Crippen LogP contribution in [0.25, 0.3) is 22.4 Å². The molecule has 1 aliphatic rings. The Kier molecular flexibility index (Phi) is 5.48. The average molecular weight is 457 g/mol. The van der Waals surface area contributed by atoms with Gasteiger partial charge in [-0.15, -0.1) is 0 Å². The van der Waals surface area contributed by atoms with Crippen molar-refractivity contribution in [1.82, 2.24) is 15.0 Å². The lowest BCUT2D eigenvalue weighted by molar-refractivity contribution is 0.0860. The van der Waals surface area contributed by atoms with Crippen LogP contribution in [0.3, 0.4) is 0 Å². The molecule has 8 nitrogen and oxygen atoms in total. The summed E-state index contributed by atoms with van der Waals surface area (Å²) in [5, 5.41) is 0. The number of fused-ring (bicyclic) bond motifs is 1. The summed E-state index contributed by atoms with van der Waals surface area (Å²) in [5.41, 5.74) is 2.62. The summed E-state index contributed by atoms with van der Waals surface area (Å²) in [4.78, 5) is 27.4. The Labute approximate surface area is 187 Å². The number of benzene rings is 1. The van der Waals surface area contributed by atoms with Crippen LogP contribution in [0.4, 0.5) is 5.69 Å². The van der Waals surface area contributed by atoms with E-state index < -0.39 is 15.3 Å². The fourth-order valence-electron chi connectivity index (χ4n) is 4.02. The van der Waals surface area contributed by atoms with Crippen molar-refractivity contribution in [3.05, 3.63) is 30.1 Å². The molecule has 0 radical (unpaired) electrons. The van der Waals surface area contributed by atoms with Crippen molar-refractivity contribution in [3.63, 3.8) is 0 Å². The predicted molar refractivity (Wildman–Crippen MR) is 124 cm³/mol. The second kappa shape index (κ2) is 7.88. The quantitative estimate of drug-likeness (QED) is 0.581. The number of carbonyl (C=O) groups excluding carboxylic acids is 1. The summed E-state index contributed by atoms with van der Waals surface area (Å²) in [6.07, 6.45) is 6.49. The van der Waals surface area contributed by atoms with Gasteiger partial charge < -0.3 is 14.6 Å². The molecule has 4 rings (SSSR count). The molecule has 2 aromatic heterocycles. The van der Waals surface area contributed by atoms with E-state index in [4.69, 9.17) is 9.72 Å². The first-order valence-corrected chi connectivity index (χ1v) is 12.5. The number of Topliss-reactive ketones (excluding diaryl/α,β-unsaturated/α-hetero) is 1. The molecule has 0 aliphatic carbocycles. The van der Waals surface area contributed by atoms with Crippen LogP contribution in [-0.4, -0.2) is 55.6 Å². The molecule has 0 bridgehead atoms. The molecular formula is C23H28N4O4S. The summed E-state index contributed by atoms with van der Waals surface area (Å²) >= 11 is 0. The van der Waals surface area contributed by atoms with E-state index in [1.165, 1.54) is 13.4 Å². The molecule has 1 N–H and O–H groups in total. The van der Waals surface area contributed by atoms with Crippen molar-refractivity contribution in [2.24, 2.45) is 5.41 Å². The van der Waals surface area contributed by atoms with E-state index in [0.717, 1.165) is 31.6 Å². The third kappa shape index (κ3) is 3.97. The molecule has 1 aliphatic heterocycles. The van der Waals surface area contributed by atoms with Crippen LogP contribution in [0.15, 0.2) is 29.4 Å². The largest absolute Gasteiger partial charge is 0.495 e. The SMILES string of the molecule is COc1c(-c2cnc3[nH]cc(C(=O)C(C)(C)C)c3n2)cc(N2CCCC2)cc1S(C)(=O)=O. The van der Waals surface area contributed by atoms with Crippen LogP contribution < -0.4 is 9.64 Å². The Morgan fingerprint density at radius 1 is 1.19 bits per heavy atom. The minimum atomic E-state index is -3.56. The number of anilines is 1. The number of rotatable bonds is 5. The summed E-state index contributed by atoms with van der Waals surface area (Å²) in [5.74, 6) is 0.174. The maximum Gasteiger partial charge on any atom is 0.179 e. The molecule has 0 saturated carbocycles. The molecule has 0 unspecified atom stereocenters. The highest BCUT2D eigenvalue weighted by molar-refractivity contribution is 7.90. The zero-order valence-electron chi connectivity index (χ0n) is 19.0. The average Bonchev–Trinajstić information content (AvgIpc) is 3.40. The van der Waals surface area contributed by atoms with Gasteiger partial charge in [-0.1, -0.05) is 20.8 Å². The Bertz CT molecular complexity index is 1300. The van der Waals surface area contributed by atoms with Gasteiger partial charge in [0.05, 0.1) is 24.6 Å². The lowest BCUT2D eigenvalue weighted by Gasteiger charge is -2.21. The number of H-pyrrole nitrogens is 1. The maximum atomic E-state index is 12.9. The van der Waals surface area contributed by atoms with Gasteiger partial charge in [0.15, 0.2) is 21.3 Å². The molecule has 1 saturated heterocycles. The molecule has 170 valence electrons. The van der Waals surface area contributed by atoms with Gasteiger partial charge in [-0.05, 0) is 25.0 Å². The number of sulfone groups is 1. The number of aromatic nitrogens is 3. The zero-order valence-corrected chi connectivity index (χ0v) is 19.8. The summed E-state index contributed by atoms with van der Waals surface area (Å²) in [6.45, 7) is 7.29. The van der Waals surface area contributed by atoms with Gasteiger partial charge in [-0.2, -0.15) is 0 Å². The van der Waals surface area contributed by atoms with Gasteiger partial charge in [0.1, 0.15) is 16.2 Å².